The highest BCUT2D eigenvalue weighted by Gasteiger charge is 2.54. The standard InChI is InChI=1S/C34H50O16P2/c1-3-5-7-9-11-12-13-14-15-16-17-19-21-23-28(36)48-26(24-46-27(35)22-20-18-10-8-6-4-2)25-47-52(44,45)50-34-31(39)29(37)30(38)33(32(34)40)49-51(41,42)43/h2,26,29-34,37-40H,3,5,7,9,11-17,19,21,23-25H2,1H3,(H,44,45)(H2,41,42,43)/t26-,29+,30?,31?,32-,33-,34?/m1/s1. The smallest absolute Gasteiger partial charge is 0.456 e. The fourth-order valence-corrected chi connectivity index (χ4v) is 6.56. The average molecular weight is 777 g/mol. The maximum atomic E-state index is 12.8. The van der Waals surface area contributed by atoms with Crippen molar-refractivity contribution in [3.05, 3.63) is 0 Å². The second-order valence-corrected chi connectivity index (χ2v) is 14.6. The van der Waals surface area contributed by atoms with Crippen molar-refractivity contribution < 1.29 is 76.9 Å². The first-order valence-electron chi connectivity index (χ1n) is 17.1. The summed E-state index contributed by atoms with van der Waals surface area (Å²) < 4.78 is 48.2. The molecule has 1 rings (SSSR count). The summed E-state index contributed by atoms with van der Waals surface area (Å²) in [6.07, 6.45) is 4.03. The van der Waals surface area contributed by atoms with Gasteiger partial charge in [0.1, 0.15) is 43.2 Å². The number of rotatable bonds is 24. The number of phosphoric acid groups is 2. The molecular weight excluding hydrogens is 726 g/mol. The lowest BCUT2D eigenvalue weighted by Crippen LogP contribution is -2.64. The van der Waals surface area contributed by atoms with Gasteiger partial charge in [0.05, 0.1) is 6.61 Å². The van der Waals surface area contributed by atoms with Crippen LogP contribution in [0.2, 0.25) is 0 Å². The van der Waals surface area contributed by atoms with E-state index in [0.29, 0.717) is 6.42 Å². The molecule has 16 nitrogen and oxygen atoms in total. The molecule has 0 aromatic rings. The number of hydrogen-bond acceptors (Lipinski definition) is 13. The Balaban J connectivity index is 2.76. The van der Waals surface area contributed by atoms with E-state index in [9.17, 15) is 44.0 Å². The van der Waals surface area contributed by atoms with E-state index in [1.54, 1.807) is 0 Å². The molecule has 8 atom stereocenters. The molecule has 0 aromatic carbocycles. The minimum atomic E-state index is -5.38. The molecule has 1 aliphatic rings. The molecule has 0 aliphatic heterocycles. The van der Waals surface area contributed by atoms with Gasteiger partial charge in [0.15, 0.2) is 6.10 Å². The van der Waals surface area contributed by atoms with Gasteiger partial charge in [-0.3, -0.25) is 18.4 Å². The molecule has 18 heteroatoms. The van der Waals surface area contributed by atoms with Crippen molar-refractivity contribution in [1.82, 2.24) is 0 Å². The Kier molecular flexibility index (Phi) is 23.7. The van der Waals surface area contributed by atoms with Crippen molar-refractivity contribution in [3.8, 4) is 47.9 Å². The van der Waals surface area contributed by atoms with Crippen LogP contribution in [-0.2, 0) is 41.8 Å². The molecule has 0 radical (unpaired) electrons. The number of phosphoric ester groups is 2. The monoisotopic (exact) mass is 776 g/mol. The van der Waals surface area contributed by atoms with Crippen LogP contribution in [0.4, 0.5) is 0 Å². The number of hydrogen-bond donors (Lipinski definition) is 7. The van der Waals surface area contributed by atoms with Gasteiger partial charge in [0.25, 0.3) is 0 Å². The third kappa shape index (κ3) is 21.1. The number of carbonyl (C=O) groups excluding carboxylic acids is 2. The van der Waals surface area contributed by atoms with Gasteiger partial charge in [-0.05, 0) is 41.9 Å². The molecule has 0 saturated heterocycles. The molecule has 7 N–H and O–H groups in total. The van der Waals surface area contributed by atoms with Crippen molar-refractivity contribution in [2.24, 2.45) is 0 Å². The van der Waals surface area contributed by atoms with Gasteiger partial charge in [0.2, 0.25) is 0 Å². The van der Waals surface area contributed by atoms with E-state index < -0.39 is 83.5 Å². The summed E-state index contributed by atoms with van der Waals surface area (Å²) in [6, 6.07) is 0. The van der Waals surface area contributed by atoms with Crippen LogP contribution >= 0.6 is 15.6 Å². The second kappa shape index (κ2) is 26.1. The number of unbranched alkanes of at least 4 members (excludes halogenated alkanes) is 12. The maximum Gasteiger partial charge on any atom is 0.472 e. The van der Waals surface area contributed by atoms with Crippen LogP contribution in [0.15, 0.2) is 0 Å². The minimum Gasteiger partial charge on any atom is -0.456 e. The first kappa shape index (κ1) is 47.3. The maximum absolute atomic E-state index is 12.8. The van der Waals surface area contributed by atoms with Crippen LogP contribution in [0.25, 0.3) is 0 Å². The summed E-state index contributed by atoms with van der Waals surface area (Å²) in [5.41, 5.74) is 0. The van der Waals surface area contributed by atoms with E-state index in [0.717, 1.165) is 32.1 Å². The summed E-state index contributed by atoms with van der Waals surface area (Å²) in [4.78, 5) is 53.1. The van der Waals surface area contributed by atoms with Gasteiger partial charge in [-0.25, -0.2) is 13.9 Å². The van der Waals surface area contributed by atoms with Crippen LogP contribution in [0.1, 0.15) is 96.8 Å². The first-order valence-corrected chi connectivity index (χ1v) is 20.1. The highest BCUT2D eigenvalue weighted by Crippen LogP contribution is 2.49. The summed E-state index contributed by atoms with van der Waals surface area (Å²) in [7, 11) is -10.7. The SMILES string of the molecule is C#CC#CC#CC#CC(=O)OC[C@H](COP(=O)(O)OC1C(O)[C@@H](O)C(O)[C@@H](OP(=O)(O)O)[C@H]1O)OC(=O)CCCCCCCCCCCCCCC. The Bertz CT molecular complexity index is 1420. The van der Waals surface area contributed by atoms with E-state index in [4.69, 9.17) is 34.7 Å². The third-order valence-corrected chi connectivity index (χ3v) is 9.16. The largest absolute Gasteiger partial charge is 0.472 e. The van der Waals surface area contributed by atoms with Gasteiger partial charge in [-0.1, -0.05) is 84.0 Å². The van der Waals surface area contributed by atoms with E-state index in [-0.39, 0.29) is 6.42 Å². The lowest BCUT2D eigenvalue weighted by Gasteiger charge is -2.43. The Morgan fingerprint density at radius 3 is 1.71 bits per heavy atom. The van der Waals surface area contributed by atoms with Crippen molar-refractivity contribution >= 4 is 27.6 Å². The topological polar surface area (TPSA) is 256 Å². The van der Waals surface area contributed by atoms with Gasteiger partial charge < -0.3 is 44.6 Å². The number of ether oxygens (including phenoxy) is 2. The molecule has 52 heavy (non-hydrogen) atoms. The second-order valence-electron chi connectivity index (χ2n) is 12.0. The molecule has 292 valence electrons. The summed E-state index contributed by atoms with van der Waals surface area (Å²) in [6.45, 7) is 0.549. The highest BCUT2D eigenvalue weighted by atomic mass is 31.2. The van der Waals surface area contributed by atoms with Gasteiger partial charge >= 0.3 is 27.6 Å². The van der Waals surface area contributed by atoms with Gasteiger partial charge in [-0.15, -0.1) is 6.42 Å². The van der Waals surface area contributed by atoms with Crippen molar-refractivity contribution in [2.45, 2.75) is 140 Å². The Morgan fingerprint density at radius 2 is 1.17 bits per heavy atom. The van der Waals surface area contributed by atoms with Crippen LogP contribution in [0, 0.1) is 47.9 Å². The number of aliphatic hydroxyl groups is 4. The molecule has 0 aromatic heterocycles. The zero-order valence-electron chi connectivity index (χ0n) is 29.1. The summed E-state index contributed by atoms with van der Waals surface area (Å²) >= 11 is 0. The normalized spacial score (nSPS) is 22.8. The number of terminal acetylenes is 1. The molecule has 4 unspecified atom stereocenters. The molecule has 1 aliphatic carbocycles. The number of esters is 2. The van der Waals surface area contributed by atoms with Crippen molar-refractivity contribution in [1.29, 1.82) is 0 Å². The zero-order valence-corrected chi connectivity index (χ0v) is 30.9. The number of aliphatic hydroxyl groups excluding tert-OH is 4. The van der Waals surface area contributed by atoms with E-state index in [1.807, 2.05) is 11.8 Å². The van der Waals surface area contributed by atoms with Crippen molar-refractivity contribution in [2.75, 3.05) is 13.2 Å². The summed E-state index contributed by atoms with van der Waals surface area (Å²) in [5.74, 6) is 13.4. The van der Waals surface area contributed by atoms with E-state index in [2.05, 4.69) is 41.0 Å². The average Bonchev–Trinajstić information content (AvgIpc) is 3.08. The Morgan fingerprint density at radius 1 is 0.673 bits per heavy atom. The quantitative estimate of drug-likeness (QED) is 0.0243. The highest BCUT2D eigenvalue weighted by molar-refractivity contribution is 7.47. The Hall–Kier alpha value is -2.76. The van der Waals surface area contributed by atoms with Crippen LogP contribution in [0.5, 0.6) is 0 Å². The third-order valence-electron chi connectivity index (χ3n) is 7.65. The van der Waals surface area contributed by atoms with Crippen LogP contribution in [0.3, 0.4) is 0 Å². The van der Waals surface area contributed by atoms with Gasteiger partial charge in [0, 0.05) is 12.3 Å². The fraction of sp³-hybridized carbons (Fsp3) is 0.706. The first-order chi connectivity index (χ1) is 24.6. The van der Waals surface area contributed by atoms with Crippen LogP contribution in [-0.4, -0.2) is 103 Å². The van der Waals surface area contributed by atoms with Gasteiger partial charge in [-0.2, -0.15) is 0 Å². The molecule has 0 amide bonds. The molecular formula is C34H50O16P2. The molecule has 0 spiro atoms. The van der Waals surface area contributed by atoms with E-state index in [1.165, 1.54) is 44.9 Å². The molecule has 0 heterocycles. The predicted molar refractivity (Wildman–Crippen MR) is 185 cm³/mol. The van der Waals surface area contributed by atoms with Crippen molar-refractivity contribution in [3.63, 3.8) is 0 Å². The molecule has 1 fully saturated rings. The van der Waals surface area contributed by atoms with Crippen LogP contribution < -0.4 is 0 Å². The number of carbonyl (C=O) groups is 2. The lowest BCUT2D eigenvalue weighted by atomic mass is 9.85. The predicted octanol–water partition coefficient (Wildman–Crippen LogP) is 2.00. The summed E-state index contributed by atoms with van der Waals surface area (Å²) in [5, 5.41) is 40.8. The molecule has 1 saturated carbocycles. The van der Waals surface area contributed by atoms with E-state index >= 15 is 0 Å². The minimum absolute atomic E-state index is 0.0226. The fourth-order valence-electron chi connectivity index (χ4n) is 5.02. The Labute approximate surface area is 304 Å². The zero-order chi connectivity index (χ0) is 39.0. The lowest BCUT2D eigenvalue weighted by molar-refractivity contribution is -0.216. The molecule has 0 bridgehead atoms.